The molecular weight excluding hydrogens is 934 g/mol. The van der Waals surface area contributed by atoms with Gasteiger partial charge in [0.2, 0.25) is 33.7 Å². The number of sulfonamides is 1. The van der Waals surface area contributed by atoms with E-state index in [0.29, 0.717) is 71.2 Å². The van der Waals surface area contributed by atoms with Gasteiger partial charge in [0.1, 0.15) is 16.8 Å². The Bertz CT molecular complexity index is 2670. The zero-order chi connectivity index (χ0) is 48.6. The van der Waals surface area contributed by atoms with Crippen molar-refractivity contribution in [3.63, 3.8) is 0 Å². The molecule has 4 heterocycles. The standard InChI is InChI=1S/C48H56ClN7O10S2/c1-48(2)24-34(52-33-13-8-11-31(23-33)45-44(49)39(28-67-45)66-27-43(60)61)19-21-56(48)68(64,65)29-30-10-7-12-32(22-30)53-40(57)16-5-3-4-6-20-50-42(59)25-51-37-15-9-14-35-36(37)26-55(47(35)63)38-17-18-41(58)54-46(38)62/h7-15,22-23,28,34,38,51-52H,3-6,16-21,24-27,29H2,1-2H3,(H,50,59)(H,53,57)(H,60,61)(H,54,58,62)/t34-,38?/m0/s1. The number of nitrogens with one attached hydrogen (secondary N) is 5. The third-order valence-electron chi connectivity index (χ3n) is 12.2. The molecule has 2 atom stereocenters. The van der Waals surface area contributed by atoms with Gasteiger partial charge in [0.25, 0.3) is 5.91 Å². The molecule has 3 aliphatic heterocycles. The summed E-state index contributed by atoms with van der Waals surface area (Å²) in [6.45, 7) is 4.34. The van der Waals surface area contributed by atoms with E-state index in [9.17, 15) is 37.2 Å². The van der Waals surface area contributed by atoms with E-state index in [4.69, 9.17) is 21.4 Å². The summed E-state index contributed by atoms with van der Waals surface area (Å²) in [6.07, 6.45) is 4.81. The highest BCUT2D eigenvalue weighted by Crippen LogP contribution is 2.42. The largest absolute Gasteiger partial charge is 0.479 e. The highest BCUT2D eigenvalue weighted by Gasteiger charge is 2.42. The number of fused-ring (bicyclic) bond motifs is 1. The van der Waals surface area contributed by atoms with Crippen LogP contribution < -0.4 is 31.3 Å². The molecule has 17 nitrogen and oxygen atoms in total. The number of amides is 5. The molecule has 0 aliphatic carbocycles. The lowest BCUT2D eigenvalue weighted by Gasteiger charge is -2.45. The van der Waals surface area contributed by atoms with E-state index >= 15 is 0 Å². The zero-order valence-electron chi connectivity index (χ0n) is 37.9. The highest BCUT2D eigenvalue weighted by atomic mass is 35.5. The molecule has 0 saturated carbocycles. The molecule has 2 saturated heterocycles. The topological polar surface area (TPSA) is 233 Å². The molecule has 20 heteroatoms. The number of benzene rings is 3. The Morgan fingerprint density at radius 2 is 1.72 bits per heavy atom. The van der Waals surface area contributed by atoms with E-state index < -0.39 is 40.1 Å². The Balaban J connectivity index is 0.793. The highest BCUT2D eigenvalue weighted by molar-refractivity contribution is 7.88. The van der Waals surface area contributed by atoms with Gasteiger partial charge in [-0.05, 0) is 93.5 Å². The minimum atomic E-state index is -3.73. The molecule has 3 aliphatic rings. The number of aliphatic carboxylic acids is 1. The van der Waals surface area contributed by atoms with Crippen LogP contribution in [-0.4, -0.2) is 102 Å². The van der Waals surface area contributed by atoms with E-state index in [-0.39, 0.29) is 67.8 Å². The quantitative estimate of drug-likeness (QED) is 0.0383. The van der Waals surface area contributed by atoms with Gasteiger partial charge in [-0.2, -0.15) is 4.31 Å². The fourth-order valence-electron chi connectivity index (χ4n) is 9.00. The van der Waals surface area contributed by atoms with Gasteiger partial charge in [0, 0.05) is 77.6 Å². The van der Waals surface area contributed by atoms with Crippen LogP contribution >= 0.6 is 22.9 Å². The number of halogens is 1. The molecule has 0 spiro atoms. The summed E-state index contributed by atoms with van der Waals surface area (Å²) in [5.74, 6) is -2.50. The molecule has 68 heavy (non-hydrogen) atoms. The summed E-state index contributed by atoms with van der Waals surface area (Å²) < 4.78 is 34.7. The average Bonchev–Trinajstić information content (AvgIpc) is 3.82. The molecule has 1 aromatic heterocycles. The second-order valence-electron chi connectivity index (χ2n) is 17.8. The number of hydrogen-bond donors (Lipinski definition) is 6. The second kappa shape index (κ2) is 21.9. The monoisotopic (exact) mass is 989 g/mol. The number of imide groups is 1. The van der Waals surface area contributed by atoms with Crippen LogP contribution in [0.2, 0.25) is 5.02 Å². The third kappa shape index (κ3) is 12.5. The molecule has 7 rings (SSSR count). The van der Waals surface area contributed by atoms with Crippen molar-refractivity contribution in [2.24, 2.45) is 0 Å². The van der Waals surface area contributed by atoms with Crippen LogP contribution in [0.25, 0.3) is 10.4 Å². The maximum absolute atomic E-state index is 13.9. The number of ether oxygens (including phenoxy) is 1. The van der Waals surface area contributed by atoms with Gasteiger partial charge in [-0.25, -0.2) is 13.2 Å². The Labute approximate surface area is 404 Å². The molecule has 0 bridgehead atoms. The summed E-state index contributed by atoms with van der Waals surface area (Å²) >= 11 is 7.88. The Morgan fingerprint density at radius 1 is 0.956 bits per heavy atom. The number of carboxylic acids is 1. The Hall–Kier alpha value is -6.02. The number of thiophene rings is 1. The van der Waals surface area contributed by atoms with Gasteiger partial charge >= 0.3 is 5.97 Å². The molecule has 5 amide bonds. The molecule has 4 aromatic rings. The number of rotatable bonds is 21. The summed E-state index contributed by atoms with van der Waals surface area (Å²) in [5.41, 5.74) is 3.89. The molecule has 2 fully saturated rings. The summed E-state index contributed by atoms with van der Waals surface area (Å²) in [6, 6.07) is 19.1. The van der Waals surface area contributed by atoms with Crippen molar-refractivity contribution < 1.29 is 47.0 Å². The molecule has 3 aromatic carbocycles. The lowest BCUT2D eigenvalue weighted by molar-refractivity contribution is -0.139. The van der Waals surface area contributed by atoms with Crippen LogP contribution in [-0.2, 0) is 46.3 Å². The predicted octanol–water partition coefficient (Wildman–Crippen LogP) is 6.60. The van der Waals surface area contributed by atoms with E-state index in [1.165, 1.54) is 16.2 Å². The number of nitrogens with zero attached hydrogens (tertiary/aromatic N) is 2. The predicted molar refractivity (Wildman–Crippen MR) is 260 cm³/mol. The van der Waals surface area contributed by atoms with Crippen molar-refractivity contribution in [1.82, 2.24) is 19.8 Å². The van der Waals surface area contributed by atoms with E-state index in [2.05, 4.69) is 26.6 Å². The lowest BCUT2D eigenvalue weighted by Crippen LogP contribution is -2.55. The smallest absolute Gasteiger partial charge is 0.341 e. The van der Waals surface area contributed by atoms with Crippen LogP contribution in [0.3, 0.4) is 0 Å². The fraction of sp³-hybridized carbons (Fsp3) is 0.417. The zero-order valence-corrected chi connectivity index (χ0v) is 40.3. The Morgan fingerprint density at radius 3 is 2.50 bits per heavy atom. The normalized spacial score (nSPS) is 18.1. The average molecular weight is 991 g/mol. The number of unbranched alkanes of at least 4 members (excludes halogenated alkanes) is 3. The van der Waals surface area contributed by atoms with Crippen molar-refractivity contribution >= 4 is 85.5 Å². The number of carbonyl (C=O) groups is 6. The first-order valence-electron chi connectivity index (χ1n) is 22.6. The van der Waals surface area contributed by atoms with E-state index in [1.54, 1.807) is 52.1 Å². The minimum Gasteiger partial charge on any atom is -0.479 e. The molecule has 0 radical (unpaired) electrons. The second-order valence-corrected chi connectivity index (χ2v) is 21.0. The number of anilines is 3. The van der Waals surface area contributed by atoms with Gasteiger partial charge in [0.15, 0.2) is 6.61 Å². The van der Waals surface area contributed by atoms with Crippen LogP contribution in [0, 0.1) is 0 Å². The summed E-state index contributed by atoms with van der Waals surface area (Å²) in [4.78, 5) is 75.7. The Kier molecular flexibility index (Phi) is 16.1. The molecule has 362 valence electrons. The van der Waals surface area contributed by atoms with Crippen molar-refractivity contribution in [3.05, 3.63) is 93.8 Å². The van der Waals surface area contributed by atoms with Gasteiger partial charge in [0.05, 0.1) is 17.2 Å². The SMILES string of the molecule is CC1(C)C[C@@H](Nc2cccc(-c3scc(OCC(=O)O)c3Cl)c2)CCN1S(=O)(=O)Cc1cccc(NC(=O)CCCCCCNC(=O)CNc2cccc3c2CN(C2CCC(=O)NC2=O)C3=O)c1. The van der Waals surface area contributed by atoms with Crippen molar-refractivity contribution in [2.75, 3.05) is 42.2 Å². The summed E-state index contributed by atoms with van der Waals surface area (Å²) in [5, 5.41) is 25.8. The van der Waals surface area contributed by atoms with Crippen LogP contribution in [0.4, 0.5) is 17.1 Å². The van der Waals surface area contributed by atoms with Gasteiger partial charge in [-0.3, -0.25) is 29.3 Å². The van der Waals surface area contributed by atoms with Crippen molar-refractivity contribution in [2.45, 2.75) is 102 Å². The fourth-order valence-corrected chi connectivity index (χ4v) is 12.3. The first-order chi connectivity index (χ1) is 32.5. The van der Waals surface area contributed by atoms with Crippen molar-refractivity contribution in [1.29, 1.82) is 0 Å². The van der Waals surface area contributed by atoms with Crippen LogP contribution in [0.15, 0.2) is 72.1 Å². The van der Waals surface area contributed by atoms with Gasteiger partial charge < -0.3 is 36.0 Å². The van der Waals surface area contributed by atoms with E-state index in [1.807, 2.05) is 38.1 Å². The van der Waals surface area contributed by atoms with Gasteiger partial charge in [-0.15, -0.1) is 11.3 Å². The maximum atomic E-state index is 13.9. The lowest BCUT2D eigenvalue weighted by atomic mass is 9.89. The maximum Gasteiger partial charge on any atom is 0.341 e. The van der Waals surface area contributed by atoms with Crippen LogP contribution in [0.5, 0.6) is 5.75 Å². The molecule has 6 N–H and O–H groups in total. The molecular formula is C48H56ClN7O10S2. The number of carbonyl (C=O) groups excluding carboxylic acids is 5. The number of carboxylic acid groups (broad SMARTS) is 1. The first-order valence-corrected chi connectivity index (χ1v) is 25.5. The summed E-state index contributed by atoms with van der Waals surface area (Å²) in [7, 11) is -3.73. The number of hydrogen-bond acceptors (Lipinski definition) is 12. The number of piperidine rings is 2. The molecule has 1 unspecified atom stereocenters. The first kappa shape index (κ1) is 49.9. The van der Waals surface area contributed by atoms with Crippen LogP contribution in [0.1, 0.15) is 93.1 Å². The third-order valence-corrected chi connectivity index (χ3v) is 15.8. The van der Waals surface area contributed by atoms with Crippen molar-refractivity contribution in [3.8, 4) is 16.2 Å². The van der Waals surface area contributed by atoms with E-state index in [0.717, 1.165) is 35.4 Å². The van der Waals surface area contributed by atoms with Gasteiger partial charge in [-0.1, -0.05) is 54.8 Å². The minimum absolute atomic E-state index is 0.00425.